The van der Waals surface area contributed by atoms with Crippen LogP contribution in [-0.4, -0.2) is 12.9 Å². The van der Waals surface area contributed by atoms with Gasteiger partial charge in [-0.15, -0.1) is 0 Å². The summed E-state index contributed by atoms with van der Waals surface area (Å²) in [7, 11) is 1.72. The molecule has 2 bridgehead atoms. The summed E-state index contributed by atoms with van der Waals surface area (Å²) in [6, 6.07) is 8.65. The van der Waals surface area contributed by atoms with Gasteiger partial charge in [0.2, 0.25) is 0 Å². The fraction of sp³-hybridized carbons (Fsp3) is 0.640. The second-order valence-corrected chi connectivity index (χ2v) is 9.95. The highest BCUT2D eigenvalue weighted by molar-refractivity contribution is 5.86. The summed E-state index contributed by atoms with van der Waals surface area (Å²) in [5, 5.41) is 0. The summed E-state index contributed by atoms with van der Waals surface area (Å²) in [5.74, 6) is 2.63. The van der Waals surface area contributed by atoms with Gasteiger partial charge in [-0.05, 0) is 66.0 Å². The summed E-state index contributed by atoms with van der Waals surface area (Å²) >= 11 is 0. The van der Waals surface area contributed by atoms with Gasteiger partial charge in [-0.25, -0.2) is 0 Å². The van der Waals surface area contributed by atoms with Crippen molar-refractivity contribution in [3.63, 3.8) is 0 Å². The minimum absolute atomic E-state index is 0.133. The highest BCUT2D eigenvalue weighted by atomic mass is 16.5. The first kappa shape index (κ1) is 17.5. The van der Waals surface area contributed by atoms with Crippen molar-refractivity contribution in [2.24, 2.45) is 28.6 Å². The molecule has 0 aliphatic heterocycles. The van der Waals surface area contributed by atoms with Crippen molar-refractivity contribution >= 4 is 5.78 Å². The predicted octanol–water partition coefficient (Wildman–Crippen LogP) is 5.70. The van der Waals surface area contributed by atoms with Crippen molar-refractivity contribution in [3.05, 3.63) is 42.0 Å². The summed E-state index contributed by atoms with van der Waals surface area (Å²) in [6.07, 6.45) is 13.3. The van der Waals surface area contributed by atoms with Gasteiger partial charge in [0.25, 0.3) is 0 Å². The first-order valence-electron chi connectivity index (χ1n) is 10.9. The number of hydrogen-bond donors (Lipinski definition) is 0. The van der Waals surface area contributed by atoms with E-state index in [9.17, 15) is 4.79 Å². The zero-order valence-electron chi connectivity index (χ0n) is 17.0. The minimum atomic E-state index is -0.133. The normalized spacial score (nSPS) is 45.3. The van der Waals surface area contributed by atoms with Gasteiger partial charge < -0.3 is 4.74 Å². The molecule has 0 heterocycles. The molecule has 3 fully saturated rings. The van der Waals surface area contributed by atoms with E-state index in [-0.39, 0.29) is 22.2 Å². The van der Waals surface area contributed by atoms with Gasteiger partial charge >= 0.3 is 0 Å². The lowest BCUT2D eigenvalue weighted by Crippen LogP contribution is -2.47. The number of rotatable bonds is 2. The molecule has 0 amide bonds. The average Bonchev–Trinajstić information content (AvgIpc) is 2.98. The Labute approximate surface area is 163 Å². The van der Waals surface area contributed by atoms with Crippen molar-refractivity contribution < 1.29 is 9.53 Å². The maximum atomic E-state index is 13.6. The Morgan fingerprint density at radius 3 is 2.52 bits per heavy atom. The number of carbonyl (C=O) groups is 1. The van der Waals surface area contributed by atoms with E-state index in [1.807, 2.05) is 0 Å². The minimum Gasteiger partial charge on any atom is -0.497 e. The van der Waals surface area contributed by atoms with Gasteiger partial charge in [0.1, 0.15) is 11.5 Å². The maximum absolute atomic E-state index is 13.6. The first-order valence-corrected chi connectivity index (χ1v) is 10.9. The fourth-order valence-electron chi connectivity index (χ4n) is 7.91. The lowest BCUT2D eigenvalue weighted by molar-refractivity contribution is -0.126. The van der Waals surface area contributed by atoms with Crippen molar-refractivity contribution in [2.75, 3.05) is 7.11 Å². The third kappa shape index (κ3) is 1.95. The lowest BCUT2D eigenvalue weighted by atomic mass is 9.52. The molecule has 6 atom stereocenters. The van der Waals surface area contributed by atoms with E-state index in [4.69, 9.17) is 4.74 Å². The molecule has 0 radical (unpaired) electrons. The zero-order chi connectivity index (χ0) is 18.9. The molecule has 5 rings (SSSR count). The van der Waals surface area contributed by atoms with Crippen LogP contribution in [0.4, 0.5) is 0 Å². The van der Waals surface area contributed by atoms with Crippen molar-refractivity contribution in [1.82, 2.24) is 0 Å². The quantitative estimate of drug-likeness (QED) is 0.629. The molecule has 0 N–H and O–H groups in total. The lowest BCUT2D eigenvalue weighted by Gasteiger charge is -2.51. The number of fused-ring (bicyclic) bond motifs is 2. The van der Waals surface area contributed by atoms with E-state index >= 15 is 0 Å². The van der Waals surface area contributed by atoms with E-state index < -0.39 is 0 Å². The van der Waals surface area contributed by atoms with Crippen LogP contribution < -0.4 is 4.74 Å². The first-order chi connectivity index (χ1) is 13.0. The Morgan fingerprint density at radius 2 is 1.78 bits per heavy atom. The number of Topliss-reactive ketones (excluding diaryl/α,β-unsaturated/α-hetero) is 1. The molecule has 2 heteroatoms. The molecule has 4 aliphatic rings. The molecule has 0 spiro atoms. The Kier molecular flexibility index (Phi) is 3.71. The molecular formula is C25H32O2. The number of ether oxygens (including phenoxy) is 1. The van der Waals surface area contributed by atoms with Gasteiger partial charge in [0, 0.05) is 17.8 Å². The van der Waals surface area contributed by atoms with Crippen molar-refractivity contribution in [1.29, 1.82) is 0 Å². The van der Waals surface area contributed by atoms with Gasteiger partial charge in [-0.2, -0.15) is 0 Å². The molecule has 4 aliphatic carbocycles. The number of methoxy groups -OCH3 is 1. The largest absolute Gasteiger partial charge is 0.497 e. The molecule has 0 unspecified atom stereocenters. The number of carbonyl (C=O) groups excluding carboxylic acids is 1. The Balaban J connectivity index is 1.73. The fourth-order valence-corrected chi connectivity index (χ4v) is 7.91. The number of benzene rings is 1. The topological polar surface area (TPSA) is 26.3 Å². The Morgan fingerprint density at radius 1 is 1.04 bits per heavy atom. The van der Waals surface area contributed by atoms with E-state index in [0.29, 0.717) is 17.6 Å². The number of hydrogen-bond acceptors (Lipinski definition) is 2. The summed E-state index contributed by atoms with van der Waals surface area (Å²) < 4.78 is 5.42. The van der Waals surface area contributed by atoms with Crippen LogP contribution in [0.15, 0.2) is 36.4 Å². The molecule has 0 aromatic heterocycles. The highest BCUT2D eigenvalue weighted by Gasteiger charge is 2.76. The zero-order valence-corrected chi connectivity index (χ0v) is 17.0. The second kappa shape index (κ2) is 5.72. The molecule has 144 valence electrons. The maximum Gasteiger partial charge on any atom is 0.137 e. The molecule has 27 heavy (non-hydrogen) atoms. The summed E-state index contributed by atoms with van der Waals surface area (Å²) in [4.78, 5) is 13.6. The van der Waals surface area contributed by atoms with Crippen LogP contribution in [0.2, 0.25) is 0 Å². The van der Waals surface area contributed by atoms with Crippen LogP contribution in [0.5, 0.6) is 5.75 Å². The monoisotopic (exact) mass is 364 g/mol. The third-order valence-electron chi connectivity index (χ3n) is 9.09. The van der Waals surface area contributed by atoms with Gasteiger partial charge in [0.05, 0.1) is 7.11 Å². The molecule has 1 aromatic carbocycles. The predicted molar refractivity (Wildman–Crippen MR) is 108 cm³/mol. The van der Waals surface area contributed by atoms with Crippen LogP contribution in [-0.2, 0) is 10.2 Å². The van der Waals surface area contributed by atoms with E-state index in [0.717, 1.165) is 12.2 Å². The molecular weight excluding hydrogens is 332 g/mol. The standard InChI is InChI=1S/C25H32O2/c1-17-6-11-20-22(21(26)16-17)25(18-7-9-19(27-3)10-8-18)15-14-24(20)13-5-4-12-23(24,25)2/h7-10,14-15,17,20,22H,4-6,11-13,16H2,1-3H3/t17-,20-,22-,23-,24-,25+/m0/s1. The Hall–Kier alpha value is -1.57. The molecule has 3 saturated carbocycles. The van der Waals surface area contributed by atoms with Crippen LogP contribution in [0.1, 0.15) is 64.4 Å². The SMILES string of the molecule is COc1ccc([C@@]23C=C[C@@]4(CCCC[C@@]42C)[C@H]2CC[C@H](C)CC(=O)[C@H]23)cc1. The average molecular weight is 365 g/mol. The third-order valence-corrected chi connectivity index (χ3v) is 9.09. The summed E-state index contributed by atoms with van der Waals surface area (Å²) in [6.45, 7) is 4.79. The van der Waals surface area contributed by atoms with Crippen LogP contribution in [0.25, 0.3) is 0 Å². The summed E-state index contributed by atoms with van der Waals surface area (Å²) in [5.41, 5.74) is 1.58. The van der Waals surface area contributed by atoms with Gasteiger partial charge in [-0.3, -0.25) is 4.79 Å². The van der Waals surface area contributed by atoms with Crippen molar-refractivity contribution in [3.8, 4) is 5.75 Å². The van der Waals surface area contributed by atoms with E-state index in [1.54, 1.807) is 7.11 Å². The van der Waals surface area contributed by atoms with Gasteiger partial charge in [-0.1, -0.05) is 51.0 Å². The Bertz CT molecular complexity index is 793. The second-order valence-electron chi connectivity index (χ2n) is 9.95. The highest BCUT2D eigenvalue weighted by Crippen LogP contribution is 2.79. The molecule has 0 saturated heterocycles. The smallest absolute Gasteiger partial charge is 0.137 e. The van der Waals surface area contributed by atoms with Crippen LogP contribution in [0, 0.1) is 28.6 Å². The van der Waals surface area contributed by atoms with E-state index in [1.165, 1.54) is 44.1 Å². The van der Waals surface area contributed by atoms with Crippen molar-refractivity contribution in [2.45, 2.75) is 64.2 Å². The molecule has 2 nitrogen and oxygen atoms in total. The van der Waals surface area contributed by atoms with Gasteiger partial charge in [0.15, 0.2) is 0 Å². The van der Waals surface area contributed by atoms with Crippen LogP contribution >= 0.6 is 0 Å². The number of allylic oxidation sites excluding steroid dienone is 2. The number of ketones is 1. The van der Waals surface area contributed by atoms with E-state index in [2.05, 4.69) is 50.3 Å². The molecule has 1 aromatic rings. The van der Waals surface area contributed by atoms with Crippen LogP contribution in [0.3, 0.4) is 0 Å².